The topological polar surface area (TPSA) is 49.8 Å². The van der Waals surface area contributed by atoms with Crippen LogP contribution in [0.5, 0.6) is 11.5 Å². The van der Waals surface area contributed by atoms with Crippen LogP contribution in [0.15, 0.2) is 18.2 Å². The molecule has 0 saturated heterocycles. The zero-order valence-electron chi connectivity index (χ0n) is 12.4. The van der Waals surface area contributed by atoms with E-state index in [2.05, 4.69) is 0 Å². The lowest BCUT2D eigenvalue weighted by Crippen LogP contribution is -1.99. The van der Waals surface area contributed by atoms with Crippen LogP contribution in [-0.4, -0.2) is 44.0 Å². The van der Waals surface area contributed by atoms with Crippen LogP contribution in [0, 0.1) is 0 Å². The highest BCUT2D eigenvalue weighted by Crippen LogP contribution is 2.27. The highest BCUT2D eigenvalue weighted by Gasteiger charge is 2.11. The van der Waals surface area contributed by atoms with Crippen molar-refractivity contribution in [2.75, 3.05) is 28.3 Å². The van der Waals surface area contributed by atoms with Crippen LogP contribution in [-0.2, 0) is 0 Å². The maximum absolute atomic E-state index is 11.0. The summed E-state index contributed by atoms with van der Waals surface area (Å²) < 4.78 is 4.91. The van der Waals surface area contributed by atoms with Gasteiger partial charge < -0.3 is 14.7 Å². The number of hydrogen-bond acceptors (Lipinski definition) is 4. The largest absolute Gasteiger partial charge is 0.507 e. The first-order chi connectivity index (χ1) is 8.40. The van der Waals surface area contributed by atoms with Gasteiger partial charge in [0.2, 0.25) is 0 Å². The van der Waals surface area contributed by atoms with Crippen molar-refractivity contribution in [3.05, 3.63) is 23.8 Å². The SMILES string of the molecule is CC.CN(C)C.COc1cccc(O)c1C(C)=O. The molecule has 1 aromatic rings. The van der Waals surface area contributed by atoms with Gasteiger partial charge in [-0.1, -0.05) is 19.9 Å². The van der Waals surface area contributed by atoms with Crippen LogP contribution in [0.3, 0.4) is 0 Å². The maximum Gasteiger partial charge on any atom is 0.167 e. The Bertz CT molecular complexity index is 346. The lowest BCUT2D eigenvalue weighted by molar-refractivity contribution is 0.101. The summed E-state index contributed by atoms with van der Waals surface area (Å²) in [7, 11) is 7.46. The first-order valence-electron chi connectivity index (χ1n) is 5.88. The van der Waals surface area contributed by atoms with Gasteiger partial charge in [-0.05, 0) is 40.2 Å². The molecular weight excluding hydrogens is 230 g/mol. The summed E-state index contributed by atoms with van der Waals surface area (Å²) in [6, 6.07) is 4.72. The van der Waals surface area contributed by atoms with Crippen LogP contribution < -0.4 is 4.74 Å². The van der Waals surface area contributed by atoms with E-state index in [1.54, 1.807) is 12.1 Å². The molecule has 18 heavy (non-hydrogen) atoms. The number of ether oxygens (including phenoxy) is 1. The minimum atomic E-state index is -0.204. The molecular formula is C14H25NO3. The Balaban J connectivity index is 0. The van der Waals surface area contributed by atoms with Crippen molar-refractivity contribution in [3.63, 3.8) is 0 Å². The van der Waals surface area contributed by atoms with Crippen LogP contribution in [0.2, 0.25) is 0 Å². The van der Waals surface area contributed by atoms with Gasteiger partial charge in [0.25, 0.3) is 0 Å². The Kier molecular flexibility index (Phi) is 11.1. The number of phenols is 1. The molecule has 104 valence electrons. The first kappa shape index (κ1) is 18.8. The number of nitrogens with zero attached hydrogens (tertiary/aromatic N) is 1. The van der Waals surface area contributed by atoms with Gasteiger partial charge in [0, 0.05) is 0 Å². The number of hydrogen-bond donors (Lipinski definition) is 1. The number of aromatic hydroxyl groups is 1. The summed E-state index contributed by atoms with van der Waals surface area (Å²) in [5.41, 5.74) is 0.236. The van der Waals surface area contributed by atoms with Crippen LogP contribution >= 0.6 is 0 Å². The minimum Gasteiger partial charge on any atom is -0.507 e. The van der Waals surface area contributed by atoms with Gasteiger partial charge in [0.05, 0.1) is 7.11 Å². The number of methoxy groups -OCH3 is 1. The third kappa shape index (κ3) is 7.68. The average molecular weight is 255 g/mol. The number of ketones is 1. The van der Waals surface area contributed by atoms with Crippen molar-refractivity contribution >= 4 is 5.78 Å². The molecule has 0 unspecified atom stereocenters. The predicted molar refractivity (Wildman–Crippen MR) is 75.6 cm³/mol. The molecule has 0 fully saturated rings. The average Bonchev–Trinajstić information content (AvgIpc) is 2.30. The molecule has 0 aliphatic carbocycles. The van der Waals surface area contributed by atoms with Gasteiger partial charge in [-0.2, -0.15) is 0 Å². The molecule has 4 nitrogen and oxygen atoms in total. The standard InChI is InChI=1S/C9H10O3.C3H9N.C2H6/c1-6(10)9-7(11)4-3-5-8(9)12-2;1-4(2)3;1-2/h3-5,11H,1-2H3;1-3H3;1-2H3. The van der Waals surface area contributed by atoms with Crippen molar-refractivity contribution in [3.8, 4) is 11.5 Å². The second kappa shape index (κ2) is 10.6. The highest BCUT2D eigenvalue weighted by molar-refractivity contribution is 5.99. The minimum absolute atomic E-state index is 0.0400. The molecule has 1 rings (SSSR count). The van der Waals surface area contributed by atoms with Crippen LogP contribution in [0.25, 0.3) is 0 Å². The second-order valence-corrected chi connectivity index (χ2v) is 3.75. The van der Waals surface area contributed by atoms with Gasteiger partial charge in [-0.15, -0.1) is 0 Å². The first-order valence-corrected chi connectivity index (χ1v) is 5.88. The van der Waals surface area contributed by atoms with Gasteiger partial charge in [-0.3, -0.25) is 4.79 Å². The van der Waals surface area contributed by atoms with Crippen molar-refractivity contribution in [1.82, 2.24) is 4.90 Å². The molecule has 0 amide bonds. The zero-order valence-corrected chi connectivity index (χ0v) is 12.4. The Morgan fingerprint density at radius 1 is 1.22 bits per heavy atom. The summed E-state index contributed by atoms with van der Waals surface area (Å²) in [6.45, 7) is 5.39. The van der Waals surface area contributed by atoms with E-state index in [9.17, 15) is 9.90 Å². The molecule has 0 radical (unpaired) electrons. The van der Waals surface area contributed by atoms with E-state index in [0.717, 1.165) is 0 Å². The molecule has 1 N–H and O–H groups in total. The Morgan fingerprint density at radius 2 is 1.67 bits per heavy atom. The Labute approximate surface area is 110 Å². The van der Waals surface area contributed by atoms with E-state index >= 15 is 0 Å². The van der Waals surface area contributed by atoms with E-state index in [0.29, 0.717) is 5.75 Å². The maximum atomic E-state index is 11.0. The van der Waals surface area contributed by atoms with Gasteiger partial charge in [0.15, 0.2) is 5.78 Å². The number of phenolic OH excluding ortho intramolecular Hbond substituents is 1. The van der Waals surface area contributed by atoms with Gasteiger partial charge in [0.1, 0.15) is 17.1 Å². The molecule has 0 aliphatic rings. The normalized spacial score (nSPS) is 8.67. The van der Waals surface area contributed by atoms with E-state index < -0.39 is 0 Å². The predicted octanol–water partition coefficient (Wildman–Crippen LogP) is 2.81. The summed E-state index contributed by atoms with van der Waals surface area (Å²) in [5, 5.41) is 9.29. The summed E-state index contributed by atoms with van der Waals surface area (Å²) in [4.78, 5) is 13.0. The number of benzene rings is 1. The molecule has 0 atom stereocenters. The third-order valence-corrected chi connectivity index (χ3v) is 1.58. The quantitative estimate of drug-likeness (QED) is 0.826. The van der Waals surface area contributed by atoms with Gasteiger partial charge in [-0.25, -0.2) is 0 Å². The lowest BCUT2D eigenvalue weighted by Gasteiger charge is -2.06. The van der Waals surface area contributed by atoms with Crippen molar-refractivity contribution in [2.45, 2.75) is 20.8 Å². The van der Waals surface area contributed by atoms with E-state index in [1.165, 1.54) is 20.1 Å². The number of carbonyl (C=O) groups is 1. The summed E-state index contributed by atoms with van der Waals surface area (Å²) >= 11 is 0. The molecule has 0 heterocycles. The van der Waals surface area contributed by atoms with Crippen LogP contribution in [0.1, 0.15) is 31.1 Å². The molecule has 0 aromatic heterocycles. The zero-order chi connectivity index (χ0) is 14.7. The van der Waals surface area contributed by atoms with Crippen molar-refractivity contribution in [2.24, 2.45) is 0 Å². The van der Waals surface area contributed by atoms with E-state index in [-0.39, 0.29) is 17.1 Å². The number of Topliss-reactive ketones (excluding diaryl/α,β-unsaturated/α-hetero) is 1. The Morgan fingerprint density at radius 3 is 1.94 bits per heavy atom. The summed E-state index contributed by atoms with van der Waals surface area (Å²) in [6.07, 6.45) is 0. The molecule has 0 aliphatic heterocycles. The second-order valence-electron chi connectivity index (χ2n) is 3.75. The number of rotatable bonds is 2. The van der Waals surface area contributed by atoms with E-state index in [4.69, 9.17) is 4.74 Å². The smallest absolute Gasteiger partial charge is 0.167 e. The molecule has 0 saturated carbocycles. The fourth-order valence-electron chi connectivity index (χ4n) is 1.04. The Hall–Kier alpha value is -1.55. The number of carbonyl (C=O) groups excluding carboxylic acids is 1. The summed E-state index contributed by atoms with van der Waals surface area (Å²) in [5.74, 6) is 0.161. The fourth-order valence-corrected chi connectivity index (χ4v) is 1.04. The molecule has 0 spiro atoms. The van der Waals surface area contributed by atoms with E-state index in [1.807, 2.05) is 39.9 Å². The van der Waals surface area contributed by atoms with Gasteiger partial charge >= 0.3 is 0 Å². The van der Waals surface area contributed by atoms with Crippen molar-refractivity contribution < 1.29 is 14.6 Å². The monoisotopic (exact) mass is 255 g/mol. The lowest BCUT2D eigenvalue weighted by atomic mass is 10.1. The molecule has 1 aromatic carbocycles. The molecule has 0 bridgehead atoms. The fraction of sp³-hybridized carbons (Fsp3) is 0.500. The van der Waals surface area contributed by atoms with Crippen molar-refractivity contribution in [1.29, 1.82) is 0 Å². The molecule has 4 heteroatoms. The third-order valence-electron chi connectivity index (χ3n) is 1.58. The van der Waals surface area contributed by atoms with Crippen LogP contribution in [0.4, 0.5) is 0 Å². The highest BCUT2D eigenvalue weighted by atomic mass is 16.5.